The second kappa shape index (κ2) is 7.69. The van der Waals surface area contributed by atoms with Crippen LogP contribution in [0.25, 0.3) is 0 Å². The minimum absolute atomic E-state index is 0.0353. The number of piperazine rings is 1. The first-order valence-electron chi connectivity index (χ1n) is 9.72. The van der Waals surface area contributed by atoms with Gasteiger partial charge >= 0.3 is 0 Å². The van der Waals surface area contributed by atoms with Crippen LogP contribution in [0.4, 0.5) is 10.1 Å². The van der Waals surface area contributed by atoms with Gasteiger partial charge in [0.05, 0.1) is 0 Å². The van der Waals surface area contributed by atoms with Gasteiger partial charge in [-0.3, -0.25) is 9.69 Å². The number of hydrogen-bond donors (Lipinski definition) is 1. The third-order valence-corrected chi connectivity index (χ3v) is 5.40. The molecule has 0 aromatic heterocycles. The van der Waals surface area contributed by atoms with Gasteiger partial charge in [-0.05, 0) is 55.2 Å². The summed E-state index contributed by atoms with van der Waals surface area (Å²) in [6.45, 7) is 5.45. The van der Waals surface area contributed by atoms with Crippen LogP contribution in [0.5, 0.6) is 0 Å². The van der Waals surface area contributed by atoms with E-state index in [1.165, 1.54) is 23.4 Å². The Kier molecular flexibility index (Phi) is 5.12. The van der Waals surface area contributed by atoms with E-state index >= 15 is 0 Å². The van der Waals surface area contributed by atoms with Crippen LogP contribution in [0.3, 0.4) is 0 Å². The predicted molar refractivity (Wildman–Crippen MR) is 105 cm³/mol. The van der Waals surface area contributed by atoms with Gasteiger partial charge in [0, 0.05) is 37.9 Å². The molecule has 5 heteroatoms. The van der Waals surface area contributed by atoms with Crippen LogP contribution in [-0.2, 0) is 4.79 Å². The number of anilines is 1. The standard InChI is InChI=1S/C22H26FN3O/c1-16-3-2-4-20(15-16)25-11-13-26(14-12-25)21(22(27)24-19-9-10-19)17-5-7-18(23)8-6-17/h2-8,15,19,21H,9-14H2,1H3,(H,24,27)/t21-/m0/s1. The van der Waals surface area contributed by atoms with Crippen LogP contribution in [0, 0.1) is 12.7 Å². The first-order valence-corrected chi connectivity index (χ1v) is 9.72. The van der Waals surface area contributed by atoms with E-state index in [-0.39, 0.29) is 17.8 Å². The van der Waals surface area contributed by atoms with E-state index in [4.69, 9.17) is 0 Å². The molecular formula is C22H26FN3O. The van der Waals surface area contributed by atoms with Crippen molar-refractivity contribution in [1.82, 2.24) is 10.2 Å². The smallest absolute Gasteiger partial charge is 0.242 e. The lowest BCUT2D eigenvalue weighted by molar-refractivity contribution is -0.127. The lowest BCUT2D eigenvalue weighted by Gasteiger charge is -2.40. The van der Waals surface area contributed by atoms with Crippen LogP contribution in [-0.4, -0.2) is 43.0 Å². The van der Waals surface area contributed by atoms with Gasteiger partial charge in [-0.25, -0.2) is 4.39 Å². The second-order valence-electron chi connectivity index (χ2n) is 7.60. The van der Waals surface area contributed by atoms with Crippen LogP contribution in [0.1, 0.15) is 30.0 Å². The molecule has 1 N–H and O–H groups in total. The van der Waals surface area contributed by atoms with Crippen molar-refractivity contribution >= 4 is 11.6 Å². The zero-order valence-electron chi connectivity index (χ0n) is 15.7. The first kappa shape index (κ1) is 18.0. The number of carbonyl (C=O) groups excluding carboxylic acids is 1. The van der Waals surface area contributed by atoms with E-state index in [1.54, 1.807) is 12.1 Å². The van der Waals surface area contributed by atoms with Gasteiger partial charge in [0.15, 0.2) is 0 Å². The Balaban J connectivity index is 1.49. The van der Waals surface area contributed by atoms with Crippen LogP contribution < -0.4 is 10.2 Å². The van der Waals surface area contributed by atoms with E-state index in [0.717, 1.165) is 44.6 Å². The predicted octanol–water partition coefficient (Wildman–Crippen LogP) is 3.28. The van der Waals surface area contributed by atoms with E-state index in [0.29, 0.717) is 6.04 Å². The van der Waals surface area contributed by atoms with Gasteiger partial charge < -0.3 is 10.2 Å². The average Bonchev–Trinajstić information content (AvgIpc) is 3.48. The number of halogens is 1. The summed E-state index contributed by atoms with van der Waals surface area (Å²) in [5.74, 6) is -0.238. The molecule has 0 bridgehead atoms. The summed E-state index contributed by atoms with van der Waals surface area (Å²) in [4.78, 5) is 17.5. The summed E-state index contributed by atoms with van der Waals surface area (Å²) in [5, 5.41) is 3.13. The minimum Gasteiger partial charge on any atom is -0.369 e. The average molecular weight is 367 g/mol. The van der Waals surface area contributed by atoms with Crippen molar-refractivity contribution in [2.75, 3.05) is 31.1 Å². The second-order valence-corrected chi connectivity index (χ2v) is 7.60. The maximum Gasteiger partial charge on any atom is 0.242 e. The molecule has 2 aromatic carbocycles. The van der Waals surface area contributed by atoms with Gasteiger partial charge in [-0.2, -0.15) is 0 Å². The highest BCUT2D eigenvalue weighted by molar-refractivity contribution is 5.83. The SMILES string of the molecule is Cc1cccc(N2CCN([C@H](C(=O)NC3CC3)c3ccc(F)cc3)CC2)c1. The molecule has 142 valence electrons. The number of nitrogens with one attached hydrogen (secondary N) is 1. The van der Waals surface area contributed by atoms with E-state index < -0.39 is 0 Å². The zero-order chi connectivity index (χ0) is 18.8. The van der Waals surface area contributed by atoms with Crippen molar-refractivity contribution in [3.05, 3.63) is 65.5 Å². The molecule has 1 aliphatic carbocycles. The molecule has 2 aliphatic rings. The number of aryl methyl sites for hydroxylation is 1. The lowest BCUT2D eigenvalue weighted by Crippen LogP contribution is -2.51. The number of nitrogens with zero attached hydrogens (tertiary/aromatic N) is 2. The molecule has 27 heavy (non-hydrogen) atoms. The molecule has 1 saturated heterocycles. The Bertz CT molecular complexity index is 795. The van der Waals surface area contributed by atoms with Crippen molar-refractivity contribution in [2.45, 2.75) is 31.8 Å². The topological polar surface area (TPSA) is 35.6 Å². The molecule has 1 saturated carbocycles. The van der Waals surface area contributed by atoms with Crippen molar-refractivity contribution in [3.8, 4) is 0 Å². The molecule has 0 unspecified atom stereocenters. The lowest BCUT2D eigenvalue weighted by atomic mass is 10.0. The fourth-order valence-corrected chi connectivity index (χ4v) is 3.74. The molecule has 1 atom stereocenters. The number of hydrogen-bond acceptors (Lipinski definition) is 3. The van der Waals surface area contributed by atoms with Gasteiger partial charge in [0.1, 0.15) is 11.9 Å². The Morgan fingerprint density at radius 1 is 1.07 bits per heavy atom. The van der Waals surface area contributed by atoms with E-state index in [2.05, 4.69) is 46.3 Å². The van der Waals surface area contributed by atoms with Crippen LogP contribution in [0.2, 0.25) is 0 Å². The molecule has 4 rings (SSSR count). The number of carbonyl (C=O) groups is 1. The largest absolute Gasteiger partial charge is 0.369 e. The van der Waals surface area contributed by atoms with Crippen molar-refractivity contribution < 1.29 is 9.18 Å². The molecule has 0 radical (unpaired) electrons. The summed E-state index contributed by atoms with van der Waals surface area (Å²) >= 11 is 0. The maximum atomic E-state index is 13.4. The summed E-state index contributed by atoms with van der Waals surface area (Å²) in [6, 6.07) is 14.8. The van der Waals surface area contributed by atoms with Crippen molar-refractivity contribution in [3.63, 3.8) is 0 Å². The first-order chi connectivity index (χ1) is 13.1. The molecule has 2 fully saturated rings. The Labute approximate surface area is 160 Å². The summed E-state index contributed by atoms with van der Waals surface area (Å²) in [5.41, 5.74) is 3.34. The summed E-state index contributed by atoms with van der Waals surface area (Å²) < 4.78 is 13.4. The quantitative estimate of drug-likeness (QED) is 0.881. The van der Waals surface area contributed by atoms with Crippen molar-refractivity contribution in [2.24, 2.45) is 0 Å². The zero-order valence-corrected chi connectivity index (χ0v) is 15.7. The van der Waals surface area contributed by atoms with E-state index in [1.807, 2.05) is 0 Å². The highest BCUT2D eigenvalue weighted by atomic mass is 19.1. The molecular weight excluding hydrogens is 341 g/mol. The number of benzene rings is 2. The Morgan fingerprint density at radius 2 is 1.78 bits per heavy atom. The summed E-state index contributed by atoms with van der Waals surface area (Å²) in [7, 11) is 0. The van der Waals surface area contributed by atoms with Gasteiger partial charge in [-0.15, -0.1) is 0 Å². The number of amides is 1. The Hall–Kier alpha value is -2.40. The fraction of sp³-hybridized carbons (Fsp3) is 0.409. The van der Waals surface area contributed by atoms with E-state index in [9.17, 15) is 9.18 Å². The molecule has 1 heterocycles. The van der Waals surface area contributed by atoms with Gasteiger partial charge in [0.2, 0.25) is 5.91 Å². The minimum atomic E-state index is -0.356. The maximum absolute atomic E-state index is 13.4. The molecule has 4 nitrogen and oxygen atoms in total. The van der Waals surface area contributed by atoms with Gasteiger partial charge in [0.25, 0.3) is 0 Å². The van der Waals surface area contributed by atoms with Gasteiger partial charge in [-0.1, -0.05) is 24.3 Å². The Morgan fingerprint density at radius 3 is 2.41 bits per heavy atom. The monoisotopic (exact) mass is 367 g/mol. The summed E-state index contributed by atoms with van der Waals surface area (Å²) in [6.07, 6.45) is 2.12. The molecule has 1 aliphatic heterocycles. The molecule has 2 aromatic rings. The highest BCUT2D eigenvalue weighted by Gasteiger charge is 2.33. The van der Waals surface area contributed by atoms with Crippen molar-refractivity contribution in [1.29, 1.82) is 0 Å². The number of rotatable bonds is 5. The molecule has 0 spiro atoms. The highest BCUT2D eigenvalue weighted by Crippen LogP contribution is 2.27. The third-order valence-electron chi connectivity index (χ3n) is 5.40. The fourth-order valence-electron chi connectivity index (χ4n) is 3.74. The molecule has 1 amide bonds. The third kappa shape index (κ3) is 4.30. The van der Waals surface area contributed by atoms with Crippen LogP contribution in [0.15, 0.2) is 48.5 Å². The normalized spacial score (nSPS) is 19.0. The van der Waals surface area contributed by atoms with Crippen LogP contribution >= 0.6 is 0 Å².